The zero-order valence-corrected chi connectivity index (χ0v) is 14.4. The van der Waals surface area contributed by atoms with Crippen LogP contribution in [-0.4, -0.2) is 39.5 Å². The first-order chi connectivity index (χ1) is 10.0. The van der Waals surface area contributed by atoms with Crippen LogP contribution in [0, 0.1) is 26.7 Å². The predicted molar refractivity (Wildman–Crippen MR) is 87.8 cm³/mol. The number of hydrogen-bond donors (Lipinski definition) is 2. The van der Waals surface area contributed by atoms with Crippen molar-refractivity contribution < 1.29 is 5.11 Å². The van der Waals surface area contributed by atoms with Crippen molar-refractivity contribution in [3.8, 4) is 0 Å². The summed E-state index contributed by atoms with van der Waals surface area (Å²) in [5.41, 5.74) is 3.09. The second kappa shape index (κ2) is 7.07. The third-order valence-corrected chi connectivity index (χ3v) is 5.54. The Hall–Kier alpha value is -0.650. The van der Waals surface area contributed by atoms with E-state index < -0.39 is 0 Å². The van der Waals surface area contributed by atoms with Gasteiger partial charge in [-0.3, -0.25) is 0 Å². The molecule has 1 aliphatic carbocycles. The quantitative estimate of drug-likeness (QED) is 0.571. The largest absolute Gasteiger partial charge is 0.394 e. The Labute approximate surface area is 132 Å². The lowest BCUT2D eigenvalue weighted by Crippen LogP contribution is -2.53. The van der Waals surface area contributed by atoms with Gasteiger partial charge < -0.3 is 10.4 Å². The number of aromatic nitrogens is 2. The highest BCUT2D eigenvalue weighted by Crippen LogP contribution is 2.42. The van der Waals surface area contributed by atoms with E-state index in [1.54, 1.807) is 11.8 Å². The highest BCUT2D eigenvalue weighted by Gasteiger charge is 2.44. The van der Waals surface area contributed by atoms with Crippen LogP contribution in [0.25, 0.3) is 0 Å². The maximum atomic E-state index is 9.93. The average Bonchev–Trinajstić information content (AvgIpc) is 3.30. The van der Waals surface area contributed by atoms with E-state index in [1.807, 2.05) is 13.8 Å². The van der Waals surface area contributed by atoms with Gasteiger partial charge in [0.15, 0.2) is 5.16 Å². The molecule has 0 saturated heterocycles. The Bertz CT molecular complexity index is 467. The number of aliphatic hydroxyl groups is 1. The van der Waals surface area contributed by atoms with Crippen molar-refractivity contribution in [3.63, 3.8) is 0 Å². The van der Waals surface area contributed by atoms with Gasteiger partial charge in [0.25, 0.3) is 0 Å². The zero-order chi connectivity index (χ0) is 15.5. The van der Waals surface area contributed by atoms with Crippen molar-refractivity contribution in [1.29, 1.82) is 0 Å². The predicted octanol–water partition coefficient (Wildman–Crippen LogP) is 2.63. The zero-order valence-electron chi connectivity index (χ0n) is 13.6. The summed E-state index contributed by atoms with van der Waals surface area (Å²) in [7, 11) is 0. The number of aryl methyl sites for hydroxylation is 2. The first kappa shape index (κ1) is 16.7. The molecule has 0 bridgehead atoms. The molecule has 0 aliphatic heterocycles. The molecule has 0 amide bonds. The Balaban J connectivity index is 2.07. The third kappa shape index (κ3) is 3.96. The summed E-state index contributed by atoms with van der Waals surface area (Å²) >= 11 is 1.66. The van der Waals surface area contributed by atoms with Gasteiger partial charge in [-0.2, -0.15) is 0 Å². The van der Waals surface area contributed by atoms with Crippen LogP contribution in [0.15, 0.2) is 5.16 Å². The normalized spacial score (nSPS) is 17.8. The van der Waals surface area contributed by atoms with E-state index in [0.717, 1.165) is 35.3 Å². The van der Waals surface area contributed by atoms with Crippen molar-refractivity contribution in [2.45, 2.75) is 57.7 Å². The van der Waals surface area contributed by atoms with Crippen LogP contribution in [0.2, 0.25) is 0 Å². The third-order valence-electron chi connectivity index (χ3n) is 4.44. The Morgan fingerprint density at radius 3 is 2.33 bits per heavy atom. The van der Waals surface area contributed by atoms with Gasteiger partial charge in [0.05, 0.1) is 12.1 Å². The molecule has 0 radical (unpaired) electrons. The molecule has 1 aromatic heterocycles. The molecule has 1 atom stereocenters. The second-order valence-electron chi connectivity index (χ2n) is 6.11. The minimum Gasteiger partial charge on any atom is -0.394 e. The molecule has 0 aromatic carbocycles. The monoisotopic (exact) mass is 309 g/mol. The SMILES string of the molecule is CCCNC(CO)(CSc1nc(C)c(C)c(C)n1)C1CC1. The molecule has 2 N–H and O–H groups in total. The van der Waals surface area contributed by atoms with E-state index in [0.29, 0.717) is 5.92 Å². The summed E-state index contributed by atoms with van der Waals surface area (Å²) in [5, 5.41) is 14.3. The molecule has 1 unspecified atom stereocenters. The minimum absolute atomic E-state index is 0.170. The molecular formula is C16H27N3OS. The second-order valence-corrected chi connectivity index (χ2v) is 7.05. The Kier molecular flexibility index (Phi) is 5.63. The minimum atomic E-state index is -0.170. The van der Waals surface area contributed by atoms with Gasteiger partial charge in [0.1, 0.15) is 0 Å². The van der Waals surface area contributed by atoms with Gasteiger partial charge in [0, 0.05) is 17.1 Å². The number of aliphatic hydroxyl groups excluding tert-OH is 1. The topological polar surface area (TPSA) is 58.0 Å². The van der Waals surface area contributed by atoms with Crippen molar-refractivity contribution in [2.75, 3.05) is 18.9 Å². The molecule has 4 nitrogen and oxygen atoms in total. The van der Waals surface area contributed by atoms with Gasteiger partial charge in [-0.05, 0) is 58.1 Å². The summed E-state index contributed by atoms with van der Waals surface area (Å²) in [6, 6.07) is 0. The molecule has 1 saturated carbocycles. The summed E-state index contributed by atoms with van der Waals surface area (Å²) in [6.45, 7) is 9.42. The molecule has 2 rings (SSSR count). The van der Waals surface area contributed by atoms with Gasteiger partial charge in [0.2, 0.25) is 0 Å². The van der Waals surface area contributed by atoms with Gasteiger partial charge in [-0.1, -0.05) is 18.7 Å². The van der Waals surface area contributed by atoms with Crippen molar-refractivity contribution in [2.24, 2.45) is 5.92 Å². The van der Waals surface area contributed by atoms with E-state index in [-0.39, 0.29) is 12.1 Å². The molecule has 1 aliphatic rings. The lowest BCUT2D eigenvalue weighted by molar-refractivity contribution is 0.159. The number of nitrogens with zero attached hydrogens (tertiary/aromatic N) is 2. The standard InChI is InChI=1S/C16H27N3OS/c1-5-8-17-16(9-20,14-6-7-14)10-21-15-18-12(3)11(2)13(4)19-15/h14,17,20H,5-10H2,1-4H3. The van der Waals surface area contributed by atoms with E-state index in [9.17, 15) is 5.11 Å². The smallest absolute Gasteiger partial charge is 0.188 e. The molecule has 1 heterocycles. The van der Waals surface area contributed by atoms with Crippen LogP contribution in [0.4, 0.5) is 0 Å². The highest BCUT2D eigenvalue weighted by atomic mass is 32.2. The molecule has 21 heavy (non-hydrogen) atoms. The van der Waals surface area contributed by atoms with Gasteiger partial charge >= 0.3 is 0 Å². The van der Waals surface area contributed by atoms with Crippen LogP contribution in [0.1, 0.15) is 43.1 Å². The van der Waals surface area contributed by atoms with Crippen LogP contribution in [0.5, 0.6) is 0 Å². The van der Waals surface area contributed by atoms with E-state index in [4.69, 9.17) is 0 Å². The highest BCUT2D eigenvalue weighted by molar-refractivity contribution is 7.99. The average molecular weight is 309 g/mol. The fourth-order valence-corrected chi connectivity index (χ4v) is 3.77. The summed E-state index contributed by atoms with van der Waals surface area (Å²) in [4.78, 5) is 9.15. The molecule has 5 heteroatoms. The fourth-order valence-electron chi connectivity index (χ4n) is 2.55. The molecule has 118 valence electrons. The van der Waals surface area contributed by atoms with Gasteiger partial charge in [-0.15, -0.1) is 0 Å². The first-order valence-corrected chi connectivity index (χ1v) is 8.81. The van der Waals surface area contributed by atoms with Crippen LogP contribution in [-0.2, 0) is 0 Å². The van der Waals surface area contributed by atoms with E-state index in [1.165, 1.54) is 18.4 Å². The van der Waals surface area contributed by atoms with Gasteiger partial charge in [-0.25, -0.2) is 9.97 Å². The fraction of sp³-hybridized carbons (Fsp3) is 0.750. The molecular weight excluding hydrogens is 282 g/mol. The molecule has 1 aromatic rings. The lowest BCUT2D eigenvalue weighted by atomic mass is 9.96. The Morgan fingerprint density at radius 1 is 1.24 bits per heavy atom. The summed E-state index contributed by atoms with van der Waals surface area (Å²) < 4.78 is 0. The maximum Gasteiger partial charge on any atom is 0.188 e. The van der Waals surface area contributed by atoms with Crippen molar-refractivity contribution in [3.05, 3.63) is 17.0 Å². The summed E-state index contributed by atoms with van der Waals surface area (Å²) in [6.07, 6.45) is 3.51. The van der Waals surface area contributed by atoms with E-state index in [2.05, 4.69) is 29.1 Å². The molecule has 0 spiro atoms. The van der Waals surface area contributed by atoms with Crippen LogP contribution in [0.3, 0.4) is 0 Å². The lowest BCUT2D eigenvalue weighted by Gasteiger charge is -2.33. The molecule has 1 fully saturated rings. The number of thioether (sulfide) groups is 1. The van der Waals surface area contributed by atoms with Crippen molar-refractivity contribution in [1.82, 2.24) is 15.3 Å². The number of rotatable bonds is 8. The maximum absolute atomic E-state index is 9.93. The van der Waals surface area contributed by atoms with Crippen molar-refractivity contribution >= 4 is 11.8 Å². The number of hydrogen-bond acceptors (Lipinski definition) is 5. The van der Waals surface area contributed by atoms with E-state index >= 15 is 0 Å². The van der Waals surface area contributed by atoms with Crippen LogP contribution >= 0.6 is 11.8 Å². The summed E-state index contributed by atoms with van der Waals surface area (Å²) in [5.74, 6) is 1.42. The van der Waals surface area contributed by atoms with Crippen LogP contribution < -0.4 is 5.32 Å². The first-order valence-electron chi connectivity index (χ1n) is 7.83. The number of nitrogens with one attached hydrogen (secondary N) is 1. The Morgan fingerprint density at radius 2 is 1.86 bits per heavy atom.